The Hall–Kier alpha value is -1.70. The molecular formula is C17H20N2O3S2. The number of benzene rings is 1. The van der Waals surface area contributed by atoms with Crippen molar-refractivity contribution in [3.05, 3.63) is 57.8 Å². The highest BCUT2D eigenvalue weighted by Gasteiger charge is 2.27. The molecule has 24 heavy (non-hydrogen) atoms. The van der Waals surface area contributed by atoms with Gasteiger partial charge >= 0.3 is 0 Å². The van der Waals surface area contributed by atoms with Crippen LogP contribution in [0.5, 0.6) is 0 Å². The summed E-state index contributed by atoms with van der Waals surface area (Å²) < 4.78 is 24.6. The lowest BCUT2D eigenvalue weighted by Crippen LogP contribution is -2.50. The maximum atomic E-state index is 12.9. The zero-order valence-corrected chi connectivity index (χ0v) is 15.1. The third-order valence-electron chi connectivity index (χ3n) is 4.19. The van der Waals surface area contributed by atoms with Crippen LogP contribution >= 0.6 is 11.3 Å². The molecule has 0 atom stereocenters. The van der Waals surface area contributed by atoms with Crippen molar-refractivity contribution in [2.75, 3.05) is 32.4 Å². The second-order valence-corrected chi connectivity index (χ2v) is 8.88. The molecule has 1 aromatic carbocycles. The second kappa shape index (κ2) is 7.04. The van der Waals surface area contributed by atoms with Crippen LogP contribution in [0.25, 0.3) is 0 Å². The van der Waals surface area contributed by atoms with Crippen LogP contribution in [-0.4, -0.2) is 56.0 Å². The Labute approximate surface area is 146 Å². The van der Waals surface area contributed by atoms with Gasteiger partial charge in [-0.05, 0) is 23.1 Å². The number of hydrogen-bond donors (Lipinski definition) is 0. The molecule has 1 aromatic heterocycles. The Kier molecular flexibility index (Phi) is 5.03. The average molecular weight is 364 g/mol. The van der Waals surface area contributed by atoms with E-state index in [0.717, 1.165) is 12.0 Å². The fourth-order valence-corrected chi connectivity index (χ4v) is 4.43. The predicted octanol–water partition coefficient (Wildman–Crippen LogP) is 2.06. The SMILES string of the molecule is CS(=O)(=O)N1CCN(C(=O)c2ccccc2Cc2cccs2)CC1. The Morgan fingerprint density at radius 3 is 2.42 bits per heavy atom. The van der Waals surface area contributed by atoms with Gasteiger partial charge in [-0.2, -0.15) is 4.31 Å². The summed E-state index contributed by atoms with van der Waals surface area (Å²) in [4.78, 5) is 15.8. The highest BCUT2D eigenvalue weighted by atomic mass is 32.2. The molecule has 0 aliphatic carbocycles. The number of piperazine rings is 1. The Morgan fingerprint density at radius 1 is 1.08 bits per heavy atom. The molecule has 3 rings (SSSR count). The molecule has 0 spiro atoms. The molecule has 1 amide bonds. The molecular weight excluding hydrogens is 344 g/mol. The van der Waals surface area contributed by atoms with E-state index < -0.39 is 10.0 Å². The fraction of sp³-hybridized carbons (Fsp3) is 0.353. The van der Waals surface area contributed by atoms with Gasteiger partial charge in [0.25, 0.3) is 5.91 Å². The number of carbonyl (C=O) groups excluding carboxylic acids is 1. The zero-order valence-electron chi connectivity index (χ0n) is 13.5. The summed E-state index contributed by atoms with van der Waals surface area (Å²) in [6, 6.07) is 11.7. The number of rotatable bonds is 4. The molecule has 7 heteroatoms. The van der Waals surface area contributed by atoms with Crippen molar-refractivity contribution in [3.8, 4) is 0 Å². The lowest BCUT2D eigenvalue weighted by molar-refractivity contribution is 0.0697. The average Bonchev–Trinajstić information content (AvgIpc) is 3.07. The van der Waals surface area contributed by atoms with Crippen LogP contribution in [0.15, 0.2) is 41.8 Å². The lowest BCUT2D eigenvalue weighted by Gasteiger charge is -2.33. The highest BCUT2D eigenvalue weighted by molar-refractivity contribution is 7.88. The molecule has 0 bridgehead atoms. The number of thiophene rings is 1. The van der Waals surface area contributed by atoms with Crippen LogP contribution in [0, 0.1) is 0 Å². The summed E-state index contributed by atoms with van der Waals surface area (Å²) in [7, 11) is -3.19. The van der Waals surface area contributed by atoms with Crippen molar-refractivity contribution in [1.82, 2.24) is 9.21 Å². The zero-order chi connectivity index (χ0) is 17.2. The summed E-state index contributed by atoms with van der Waals surface area (Å²) in [5.74, 6) is -0.0182. The smallest absolute Gasteiger partial charge is 0.254 e. The molecule has 1 aliphatic rings. The minimum absolute atomic E-state index is 0.0182. The molecule has 5 nitrogen and oxygen atoms in total. The van der Waals surface area contributed by atoms with Gasteiger partial charge in [-0.25, -0.2) is 8.42 Å². The number of carbonyl (C=O) groups is 1. The molecule has 1 saturated heterocycles. The largest absolute Gasteiger partial charge is 0.336 e. The number of nitrogens with zero attached hydrogens (tertiary/aromatic N) is 2. The third kappa shape index (κ3) is 3.85. The standard InChI is InChI=1S/C17H20N2O3S2/c1-24(21,22)19-10-8-18(9-11-19)17(20)16-7-3-2-5-14(16)13-15-6-4-12-23-15/h2-7,12H,8-11,13H2,1H3. The van der Waals surface area contributed by atoms with E-state index in [2.05, 4.69) is 6.07 Å². The molecule has 0 saturated carbocycles. The van der Waals surface area contributed by atoms with Crippen LogP contribution in [0.3, 0.4) is 0 Å². The van der Waals surface area contributed by atoms with E-state index in [1.807, 2.05) is 35.7 Å². The minimum atomic E-state index is -3.19. The molecule has 128 valence electrons. The summed E-state index contributed by atoms with van der Waals surface area (Å²) in [5, 5.41) is 2.03. The Morgan fingerprint density at radius 2 is 1.79 bits per heavy atom. The van der Waals surface area contributed by atoms with Gasteiger partial charge in [-0.1, -0.05) is 24.3 Å². The normalized spacial score (nSPS) is 16.3. The van der Waals surface area contributed by atoms with Crippen LogP contribution in [-0.2, 0) is 16.4 Å². The first-order valence-corrected chi connectivity index (χ1v) is 10.5. The van der Waals surface area contributed by atoms with Gasteiger partial charge in [0.1, 0.15) is 0 Å². The van der Waals surface area contributed by atoms with Crippen molar-refractivity contribution in [2.24, 2.45) is 0 Å². The topological polar surface area (TPSA) is 57.7 Å². The first-order chi connectivity index (χ1) is 11.4. The Bertz CT molecular complexity index is 808. The van der Waals surface area contributed by atoms with Gasteiger partial charge in [0.05, 0.1) is 6.26 Å². The monoisotopic (exact) mass is 364 g/mol. The van der Waals surface area contributed by atoms with Crippen molar-refractivity contribution >= 4 is 27.3 Å². The van der Waals surface area contributed by atoms with E-state index in [4.69, 9.17) is 0 Å². The maximum absolute atomic E-state index is 12.9. The van der Waals surface area contributed by atoms with E-state index in [-0.39, 0.29) is 5.91 Å². The van der Waals surface area contributed by atoms with Gasteiger partial charge in [0.15, 0.2) is 0 Å². The summed E-state index contributed by atoms with van der Waals surface area (Å²) >= 11 is 1.68. The van der Waals surface area contributed by atoms with Crippen molar-refractivity contribution in [2.45, 2.75) is 6.42 Å². The van der Waals surface area contributed by atoms with E-state index >= 15 is 0 Å². The first kappa shape index (κ1) is 17.1. The van der Waals surface area contributed by atoms with Crippen LogP contribution in [0.1, 0.15) is 20.8 Å². The predicted molar refractivity (Wildman–Crippen MR) is 95.9 cm³/mol. The molecule has 1 aliphatic heterocycles. The molecule has 1 fully saturated rings. The number of sulfonamides is 1. The van der Waals surface area contributed by atoms with Crippen molar-refractivity contribution < 1.29 is 13.2 Å². The number of hydrogen-bond acceptors (Lipinski definition) is 4. The van der Waals surface area contributed by atoms with Crippen molar-refractivity contribution in [1.29, 1.82) is 0 Å². The van der Waals surface area contributed by atoms with Crippen LogP contribution in [0.4, 0.5) is 0 Å². The highest BCUT2D eigenvalue weighted by Crippen LogP contribution is 2.20. The summed E-state index contributed by atoms with van der Waals surface area (Å²) in [6.07, 6.45) is 1.95. The lowest BCUT2D eigenvalue weighted by atomic mass is 10.0. The number of amides is 1. The van der Waals surface area contributed by atoms with Gasteiger partial charge in [-0.3, -0.25) is 4.79 Å². The van der Waals surface area contributed by atoms with Gasteiger partial charge in [-0.15, -0.1) is 11.3 Å². The molecule has 2 heterocycles. The molecule has 0 unspecified atom stereocenters. The fourth-order valence-electron chi connectivity index (χ4n) is 2.88. The molecule has 0 radical (unpaired) electrons. The maximum Gasteiger partial charge on any atom is 0.254 e. The van der Waals surface area contributed by atoms with Crippen molar-refractivity contribution in [3.63, 3.8) is 0 Å². The van der Waals surface area contributed by atoms with Crippen LogP contribution in [0.2, 0.25) is 0 Å². The minimum Gasteiger partial charge on any atom is -0.336 e. The van der Waals surface area contributed by atoms with E-state index in [0.29, 0.717) is 31.7 Å². The van der Waals surface area contributed by atoms with E-state index in [1.54, 1.807) is 16.2 Å². The summed E-state index contributed by atoms with van der Waals surface area (Å²) in [5.41, 5.74) is 1.72. The quantitative estimate of drug-likeness (QED) is 0.834. The first-order valence-electron chi connectivity index (χ1n) is 7.80. The molecule has 2 aromatic rings. The molecule has 0 N–H and O–H groups in total. The second-order valence-electron chi connectivity index (χ2n) is 5.87. The van der Waals surface area contributed by atoms with Gasteiger partial charge in [0, 0.05) is 43.0 Å². The van der Waals surface area contributed by atoms with E-state index in [1.165, 1.54) is 15.4 Å². The van der Waals surface area contributed by atoms with Gasteiger partial charge in [0.2, 0.25) is 10.0 Å². The third-order valence-corrected chi connectivity index (χ3v) is 6.37. The van der Waals surface area contributed by atoms with E-state index in [9.17, 15) is 13.2 Å². The summed E-state index contributed by atoms with van der Waals surface area (Å²) in [6.45, 7) is 1.58. The van der Waals surface area contributed by atoms with Gasteiger partial charge < -0.3 is 4.90 Å². The Balaban J connectivity index is 1.74. The van der Waals surface area contributed by atoms with Crippen LogP contribution < -0.4 is 0 Å².